The SMILES string of the molecule is CC(NC(=O)c1[nH]c2ccc(Cl)cc2c1Cl)C(=O)NCc1ccco1. The monoisotopic (exact) mass is 379 g/mol. The van der Waals surface area contributed by atoms with E-state index in [1.165, 1.54) is 6.26 Å². The Labute approximate surface area is 153 Å². The molecule has 8 heteroatoms. The number of carbonyl (C=O) groups excluding carboxylic acids is 2. The molecule has 0 bridgehead atoms. The smallest absolute Gasteiger partial charge is 0.269 e. The summed E-state index contributed by atoms with van der Waals surface area (Å²) in [5.41, 5.74) is 0.874. The molecule has 0 fully saturated rings. The Balaban J connectivity index is 1.67. The fraction of sp³-hybridized carbons (Fsp3) is 0.176. The second kappa shape index (κ2) is 7.21. The Bertz CT molecular complexity index is 919. The number of rotatable bonds is 5. The number of halogens is 2. The van der Waals surface area contributed by atoms with Gasteiger partial charge in [0.25, 0.3) is 5.91 Å². The number of amides is 2. The van der Waals surface area contributed by atoms with Gasteiger partial charge < -0.3 is 20.0 Å². The first-order chi connectivity index (χ1) is 12.0. The van der Waals surface area contributed by atoms with Crippen molar-refractivity contribution in [3.05, 3.63) is 58.1 Å². The van der Waals surface area contributed by atoms with Gasteiger partial charge in [-0.05, 0) is 37.3 Å². The van der Waals surface area contributed by atoms with Crippen molar-refractivity contribution in [2.45, 2.75) is 19.5 Å². The molecular weight excluding hydrogens is 365 g/mol. The summed E-state index contributed by atoms with van der Waals surface area (Å²) < 4.78 is 5.14. The van der Waals surface area contributed by atoms with Crippen molar-refractivity contribution in [1.82, 2.24) is 15.6 Å². The number of hydrogen-bond acceptors (Lipinski definition) is 3. The van der Waals surface area contributed by atoms with Crippen LogP contribution in [0.25, 0.3) is 10.9 Å². The quantitative estimate of drug-likeness (QED) is 0.633. The first-order valence-electron chi connectivity index (χ1n) is 7.53. The summed E-state index contributed by atoms with van der Waals surface area (Å²) in [6.45, 7) is 1.83. The summed E-state index contributed by atoms with van der Waals surface area (Å²) in [4.78, 5) is 27.4. The Hall–Kier alpha value is -2.44. The number of H-pyrrole nitrogens is 1. The van der Waals surface area contributed by atoms with Crippen LogP contribution in [-0.2, 0) is 11.3 Å². The number of benzene rings is 1. The molecule has 130 valence electrons. The van der Waals surface area contributed by atoms with Crippen molar-refractivity contribution < 1.29 is 14.0 Å². The maximum atomic E-state index is 12.4. The lowest BCUT2D eigenvalue weighted by Gasteiger charge is -2.13. The molecule has 0 saturated heterocycles. The second-order valence-electron chi connectivity index (χ2n) is 5.50. The maximum absolute atomic E-state index is 12.4. The topological polar surface area (TPSA) is 87.1 Å². The van der Waals surface area contributed by atoms with Crippen LogP contribution in [0, 0.1) is 0 Å². The fourth-order valence-electron chi connectivity index (χ4n) is 2.36. The number of aromatic amines is 1. The summed E-state index contributed by atoms with van der Waals surface area (Å²) in [5, 5.41) is 6.72. The highest BCUT2D eigenvalue weighted by molar-refractivity contribution is 6.39. The molecule has 0 aliphatic heterocycles. The van der Waals surface area contributed by atoms with Gasteiger partial charge in [0.15, 0.2) is 0 Å². The average Bonchev–Trinajstić information content (AvgIpc) is 3.21. The van der Waals surface area contributed by atoms with E-state index in [1.807, 2.05) is 0 Å². The van der Waals surface area contributed by atoms with Gasteiger partial charge in [-0.15, -0.1) is 0 Å². The van der Waals surface area contributed by atoms with E-state index < -0.39 is 11.9 Å². The lowest BCUT2D eigenvalue weighted by atomic mass is 10.2. The zero-order valence-corrected chi connectivity index (χ0v) is 14.7. The first kappa shape index (κ1) is 17.4. The van der Waals surface area contributed by atoms with Crippen molar-refractivity contribution in [2.24, 2.45) is 0 Å². The van der Waals surface area contributed by atoms with Crippen LogP contribution in [0.2, 0.25) is 10.0 Å². The van der Waals surface area contributed by atoms with Crippen LogP contribution in [0.5, 0.6) is 0 Å². The number of fused-ring (bicyclic) bond motifs is 1. The van der Waals surface area contributed by atoms with Gasteiger partial charge in [0.1, 0.15) is 17.5 Å². The summed E-state index contributed by atoms with van der Waals surface area (Å²) >= 11 is 12.2. The predicted molar refractivity (Wildman–Crippen MR) is 95.8 cm³/mol. The van der Waals surface area contributed by atoms with Gasteiger partial charge in [-0.2, -0.15) is 0 Å². The van der Waals surface area contributed by atoms with E-state index in [9.17, 15) is 9.59 Å². The van der Waals surface area contributed by atoms with Crippen LogP contribution in [0.1, 0.15) is 23.2 Å². The van der Waals surface area contributed by atoms with Crippen LogP contribution in [0.15, 0.2) is 41.0 Å². The standard InChI is InChI=1S/C17H15Cl2N3O3/c1-9(16(23)20-8-11-3-2-6-25-11)21-17(24)15-14(19)12-7-10(18)4-5-13(12)22-15/h2-7,9,22H,8H2,1H3,(H,20,23)(H,21,24). The van der Waals surface area contributed by atoms with Gasteiger partial charge >= 0.3 is 0 Å². The van der Waals surface area contributed by atoms with Crippen molar-refractivity contribution in [3.8, 4) is 0 Å². The molecule has 3 N–H and O–H groups in total. The second-order valence-corrected chi connectivity index (χ2v) is 6.31. The number of nitrogens with one attached hydrogen (secondary N) is 3. The van der Waals surface area contributed by atoms with Gasteiger partial charge in [0, 0.05) is 15.9 Å². The zero-order chi connectivity index (χ0) is 18.0. The van der Waals surface area contributed by atoms with Crippen LogP contribution in [0.3, 0.4) is 0 Å². The Morgan fingerprint density at radius 2 is 2.08 bits per heavy atom. The van der Waals surface area contributed by atoms with Crippen molar-refractivity contribution >= 4 is 45.9 Å². The molecule has 25 heavy (non-hydrogen) atoms. The molecule has 6 nitrogen and oxygen atoms in total. The number of furan rings is 1. The molecule has 0 aliphatic rings. The van der Waals surface area contributed by atoms with E-state index in [2.05, 4.69) is 15.6 Å². The molecule has 3 rings (SSSR count). The molecule has 3 aromatic rings. The molecule has 0 aliphatic carbocycles. The van der Waals surface area contributed by atoms with Gasteiger partial charge in [-0.25, -0.2) is 0 Å². The summed E-state index contributed by atoms with van der Waals surface area (Å²) in [6.07, 6.45) is 1.52. The van der Waals surface area contributed by atoms with E-state index in [4.69, 9.17) is 27.6 Å². The molecule has 1 atom stereocenters. The number of aromatic nitrogens is 1. The lowest BCUT2D eigenvalue weighted by Crippen LogP contribution is -2.44. The van der Waals surface area contributed by atoms with Gasteiger partial charge in [-0.1, -0.05) is 23.2 Å². The molecular formula is C17H15Cl2N3O3. The van der Waals surface area contributed by atoms with Crippen molar-refractivity contribution in [1.29, 1.82) is 0 Å². The number of hydrogen-bond donors (Lipinski definition) is 3. The minimum absolute atomic E-state index is 0.185. The average molecular weight is 380 g/mol. The van der Waals surface area contributed by atoms with Crippen LogP contribution < -0.4 is 10.6 Å². The third-order valence-corrected chi connectivity index (χ3v) is 4.31. The maximum Gasteiger partial charge on any atom is 0.269 e. The van der Waals surface area contributed by atoms with Crippen LogP contribution >= 0.6 is 23.2 Å². The largest absolute Gasteiger partial charge is 0.467 e. The summed E-state index contributed by atoms with van der Waals surface area (Å²) in [5.74, 6) is -0.180. The third-order valence-electron chi connectivity index (χ3n) is 3.68. The zero-order valence-electron chi connectivity index (χ0n) is 13.2. The molecule has 0 spiro atoms. The lowest BCUT2D eigenvalue weighted by molar-refractivity contribution is -0.122. The third kappa shape index (κ3) is 3.81. The van der Waals surface area contributed by atoms with E-state index in [-0.39, 0.29) is 23.2 Å². The van der Waals surface area contributed by atoms with Gasteiger partial charge in [-0.3, -0.25) is 9.59 Å². The first-order valence-corrected chi connectivity index (χ1v) is 8.29. The van der Waals surface area contributed by atoms with Crippen molar-refractivity contribution in [2.75, 3.05) is 0 Å². The normalized spacial score (nSPS) is 12.1. The number of carbonyl (C=O) groups is 2. The molecule has 2 aromatic heterocycles. The molecule has 1 aromatic carbocycles. The highest BCUT2D eigenvalue weighted by Crippen LogP contribution is 2.29. The highest BCUT2D eigenvalue weighted by Gasteiger charge is 2.21. The minimum Gasteiger partial charge on any atom is -0.467 e. The van der Waals surface area contributed by atoms with Crippen molar-refractivity contribution in [3.63, 3.8) is 0 Å². The summed E-state index contributed by atoms with van der Waals surface area (Å²) in [6, 6.07) is 7.85. The van der Waals surface area contributed by atoms with E-state index >= 15 is 0 Å². The molecule has 2 heterocycles. The van der Waals surface area contributed by atoms with E-state index in [0.29, 0.717) is 21.7 Å². The molecule has 0 radical (unpaired) electrons. The van der Waals surface area contributed by atoms with Gasteiger partial charge in [0.2, 0.25) is 5.91 Å². The van der Waals surface area contributed by atoms with E-state index in [0.717, 1.165) is 0 Å². The molecule has 1 unspecified atom stereocenters. The minimum atomic E-state index is -0.742. The highest BCUT2D eigenvalue weighted by atomic mass is 35.5. The Kier molecular flexibility index (Phi) is 5.01. The van der Waals surface area contributed by atoms with E-state index in [1.54, 1.807) is 37.3 Å². The fourth-order valence-corrected chi connectivity index (χ4v) is 2.82. The van der Waals surface area contributed by atoms with Gasteiger partial charge in [0.05, 0.1) is 17.8 Å². The molecule has 2 amide bonds. The predicted octanol–water partition coefficient (Wildman–Crippen LogP) is 3.50. The van der Waals surface area contributed by atoms with Crippen LogP contribution in [-0.4, -0.2) is 22.8 Å². The summed E-state index contributed by atoms with van der Waals surface area (Å²) in [7, 11) is 0. The Morgan fingerprint density at radius 3 is 2.80 bits per heavy atom. The van der Waals surface area contributed by atoms with Crippen LogP contribution in [0.4, 0.5) is 0 Å². The molecule has 0 saturated carbocycles. The Morgan fingerprint density at radius 1 is 1.28 bits per heavy atom.